The molecule has 27 heavy (non-hydrogen) atoms. The van der Waals surface area contributed by atoms with Crippen LogP contribution in [0.4, 0.5) is 5.69 Å². The minimum absolute atomic E-state index is 0.0214. The quantitative estimate of drug-likeness (QED) is 0.740. The number of carbonyl (C=O) groups is 2. The molecular formula is C22H27N3O2. The van der Waals surface area contributed by atoms with E-state index >= 15 is 0 Å². The summed E-state index contributed by atoms with van der Waals surface area (Å²) in [6, 6.07) is 17.9. The maximum Gasteiger partial charge on any atom is 0.238 e. The van der Waals surface area contributed by atoms with Crippen LogP contribution in [0.3, 0.4) is 0 Å². The summed E-state index contributed by atoms with van der Waals surface area (Å²) in [5.74, 6) is -0.0366. The van der Waals surface area contributed by atoms with Crippen LogP contribution in [-0.2, 0) is 11.3 Å². The van der Waals surface area contributed by atoms with Crippen molar-refractivity contribution in [3.05, 3.63) is 65.7 Å². The van der Waals surface area contributed by atoms with Gasteiger partial charge in [-0.15, -0.1) is 0 Å². The number of anilines is 1. The number of hydrogen-bond acceptors (Lipinski definition) is 4. The molecule has 2 aromatic carbocycles. The van der Waals surface area contributed by atoms with Gasteiger partial charge in [-0.3, -0.25) is 14.5 Å². The summed E-state index contributed by atoms with van der Waals surface area (Å²) in [5, 5.41) is 6.23. The smallest absolute Gasteiger partial charge is 0.238 e. The van der Waals surface area contributed by atoms with E-state index < -0.39 is 0 Å². The largest absolute Gasteiger partial charge is 0.325 e. The maximum absolute atomic E-state index is 12.1. The van der Waals surface area contributed by atoms with Crippen molar-refractivity contribution >= 4 is 17.4 Å². The normalized spacial score (nSPS) is 15.4. The van der Waals surface area contributed by atoms with Gasteiger partial charge in [0.15, 0.2) is 5.78 Å². The molecule has 0 aromatic heterocycles. The van der Waals surface area contributed by atoms with Crippen LogP contribution in [0, 0.1) is 0 Å². The lowest BCUT2D eigenvalue weighted by molar-refractivity contribution is -0.115. The number of rotatable bonds is 7. The van der Waals surface area contributed by atoms with Gasteiger partial charge in [-0.1, -0.05) is 30.3 Å². The van der Waals surface area contributed by atoms with Crippen molar-refractivity contribution in [3.8, 4) is 0 Å². The van der Waals surface area contributed by atoms with E-state index in [0.29, 0.717) is 23.8 Å². The number of nitrogens with one attached hydrogen (secondary N) is 2. The first-order chi connectivity index (χ1) is 13.1. The van der Waals surface area contributed by atoms with Crippen LogP contribution < -0.4 is 10.6 Å². The molecule has 1 aliphatic heterocycles. The van der Waals surface area contributed by atoms with Gasteiger partial charge in [-0.25, -0.2) is 0 Å². The molecule has 0 spiro atoms. The number of nitrogens with zero attached hydrogens (tertiary/aromatic N) is 1. The molecule has 0 saturated carbocycles. The Labute approximate surface area is 160 Å². The van der Waals surface area contributed by atoms with Gasteiger partial charge < -0.3 is 10.6 Å². The fourth-order valence-corrected chi connectivity index (χ4v) is 3.37. The van der Waals surface area contributed by atoms with Crippen molar-refractivity contribution in [2.24, 2.45) is 0 Å². The van der Waals surface area contributed by atoms with Crippen LogP contribution in [0.1, 0.15) is 35.7 Å². The molecule has 2 aromatic rings. The molecule has 3 rings (SSSR count). The molecule has 0 bridgehead atoms. The summed E-state index contributed by atoms with van der Waals surface area (Å²) >= 11 is 0. The Morgan fingerprint density at radius 1 is 1.00 bits per heavy atom. The highest BCUT2D eigenvalue weighted by Crippen LogP contribution is 2.14. The van der Waals surface area contributed by atoms with E-state index in [4.69, 9.17) is 0 Å². The predicted octanol–water partition coefficient (Wildman–Crippen LogP) is 3.08. The minimum Gasteiger partial charge on any atom is -0.325 e. The number of ketones is 1. The first-order valence-corrected chi connectivity index (χ1v) is 9.50. The third-order valence-electron chi connectivity index (χ3n) is 4.96. The van der Waals surface area contributed by atoms with Gasteiger partial charge >= 0.3 is 0 Å². The van der Waals surface area contributed by atoms with Crippen molar-refractivity contribution in [1.29, 1.82) is 0 Å². The van der Waals surface area contributed by atoms with E-state index in [9.17, 15) is 9.59 Å². The molecule has 5 heteroatoms. The summed E-state index contributed by atoms with van der Waals surface area (Å²) in [7, 11) is 0. The molecule has 0 atom stereocenters. The molecule has 1 amide bonds. The minimum atomic E-state index is -0.0581. The van der Waals surface area contributed by atoms with Crippen LogP contribution in [-0.4, -0.2) is 42.3 Å². The maximum atomic E-state index is 12.1. The summed E-state index contributed by atoms with van der Waals surface area (Å²) < 4.78 is 0. The zero-order valence-electron chi connectivity index (χ0n) is 15.8. The first-order valence-electron chi connectivity index (χ1n) is 9.50. The van der Waals surface area contributed by atoms with Gasteiger partial charge in [0.05, 0.1) is 6.54 Å². The van der Waals surface area contributed by atoms with E-state index in [1.165, 1.54) is 12.5 Å². The summed E-state index contributed by atoms with van der Waals surface area (Å²) in [6.45, 7) is 4.91. The number of hydrogen-bond donors (Lipinski definition) is 2. The van der Waals surface area contributed by atoms with Crippen molar-refractivity contribution in [3.63, 3.8) is 0 Å². The second kappa shape index (κ2) is 9.44. The second-order valence-electron chi connectivity index (χ2n) is 7.10. The fraction of sp³-hybridized carbons (Fsp3) is 0.364. The third kappa shape index (κ3) is 6.01. The topological polar surface area (TPSA) is 61.4 Å². The van der Waals surface area contributed by atoms with Crippen LogP contribution in [0.2, 0.25) is 0 Å². The summed E-state index contributed by atoms with van der Waals surface area (Å²) in [6.07, 6.45) is 2.10. The van der Waals surface area contributed by atoms with Gasteiger partial charge in [-0.05, 0) is 62.7 Å². The molecule has 1 aliphatic rings. The Morgan fingerprint density at radius 3 is 2.30 bits per heavy atom. The van der Waals surface area contributed by atoms with Gasteiger partial charge in [0.2, 0.25) is 5.91 Å². The molecule has 0 aliphatic carbocycles. The molecular weight excluding hydrogens is 338 g/mol. The van der Waals surface area contributed by atoms with Gasteiger partial charge in [0, 0.05) is 23.8 Å². The Bertz CT molecular complexity index is 751. The lowest BCUT2D eigenvalue weighted by Crippen LogP contribution is -2.44. The molecule has 0 unspecified atom stereocenters. The molecule has 5 nitrogen and oxygen atoms in total. The number of likely N-dealkylation sites (tertiary alicyclic amines) is 1. The number of carbonyl (C=O) groups excluding carboxylic acids is 2. The number of Topliss-reactive ketones (excluding diaryl/α,β-unsaturated/α-hetero) is 1. The van der Waals surface area contributed by atoms with Crippen molar-refractivity contribution < 1.29 is 9.59 Å². The van der Waals surface area contributed by atoms with Crippen molar-refractivity contribution in [1.82, 2.24) is 10.2 Å². The number of benzene rings is 2. The van der Waals surface area contributed by atoms with Crippen LogP contribution in [0.25, 0.3) is 0 Å². The monoisotopic (exact) mass is 365 g/mol. The predicted molar refractivity (Wildman–Crippen MR) is 108 cm³/mol. The molecule has 2 N–H and O–H groups in total. The lowest BCUT2D eigenvalue weighted by atomic mass is 10.0. The summed E-state index contributed by atoms with van der Waals surface area (Å²) in [5.41, 5.74) is 2.71. The van der Waals surface area contributed by atoms with E-state index in [2.05, 4.69) is 39.8 Å². The molecule has 1 saturated heterocycles. The van der Waals surface area contributed by atoms with E-state index in [1.807, 2.05) is 6.07 Å². The van der Waals surface area contributed by atoms with Gasteiger partial charge in [-0.2, -0.15) is 0 Å². The standard InChI is InChI=1S/C22H27N3O2/c1-17(26)19-7-9-21(10-8-19)24-22(27)15-23-20-11-13-25(14-12-20)16-18-5-3-2-4-6-18/h2-10,20,23H,11-16H2,1H3,(H,24,27). The molecule has 0 radical (unpaired) electrons. The average molecular weight is 365 g/mol. The SMILES string of the molecule is CC(=O)c1ccc(NC(=O)CNC2CCN(Cc3ccccc3)CC2)cc1. The van der Waals surface area contributed by atoms with E-state index in [-0.39, 0.29) is 11.7 Å². The lowest BCUT2D eigenvalue weighted by Gasteiger charge is -2.32. The molecule has 1 heterocycles. The van der Waals surface area contributed by atoms with Gasteiger partial charge in [0.1, 0.15) is 0 Å². The van der Waals surface area contributed by atoms with Crippen LogP contribution in [0.5, 0.6) is 0 Å². The van der Waals surface area contributed by atoms with Crippen molar-refractivity contribution in [2.75, 3.05) is 25.0 Å². The zero-order chi connectivity index (χ0) is 19.1. The number of amides is 1. The molecule has 142 valence electrons. The van der Waals surface area contributed by atoms with E-state index in [1.54, 1.807) is 24.3 Å². The van der Waals surface area contributed by atoms with Crippen LogP contribution >= 0.6 is 0 Å². The summed E-state index contributed by atoms with van der Waals surface area (Å²) in [4.78, 5) is 25.9. The zero-order valence-corrected chi connectivity index (χ0v) is 15.8. The van der Waals surface area contributed by atoms with Gasteiger partial charge in [0.25, 0.3) is 0 Å². The van der Waals surface area contributed by atoms with E-state index in [0.717, 1.165) is 32.5 Å². The third-order valence-corrected chi connectivity index (χ3v) is 4.96. The highest BCUT2D eigenvalue weighted by atomic mass is 16.2. The average Bonchev–Trinajstić information content (AvgIpc) is 2.69. The Morgan fingerprint density at radius 2 is 1.67 bits per heavy atom. The van der Waals surface area contributed by atoms with Crippen molar-refractivity contribution in [2.45, 2.75) is 32.4 Å². The van der Waals surface area contributed by atoms with Crippen LogP contribution in [0.15, 0.2) is 54.6 Å². The first kappa shape index (κ1) is 19.3. The highest BCUT2D eigenvalue weighted by Gasteiger charge is 2.19. The highest BCUT2D eigenvalue weighted by molar-refractivity contribution is 5.96. The molecule has 1 fully saturated rings. The fourth-order valence-electron chi connectivity index (χ4n) is 3.37. The Hall–Kier alpha value is -2.50. The Balaban J connectivity index is 1.37. The number of piperidine rings is 1. The second-order valence-corrected chi connectivity index (χ2v) is 7.10. The Kier molecular flexibility index (Phi) is 6.74.